The van der Waals surface area contributed by atoms with Gasteiger partial charge < -0.3 is 9.88 Å². The zero-order valence-corrected chi connectivity index (χ0v) is 10.2. The molecule has 1 amide bonds. The maximum atomic E-state index is 11.6. The Morgan fingerprint density at radius 2 is 2.06 bits per heavy atom. The van der Waals surface area contributed by atoms with E-state index in [4.69, 9.17) is 0 Å². The molecule has 1 aromatic heterocycles. The average Bonchev–Trinajstić information content (AvgIpc) is 2.18. The Balaban J connectivity index is 2.73. The lowest BCUT2D eigenvalue weighted by molar-refractivity contribution is -0.128. The summed E-state index contributed by atoms with van der Waals surface area (Å²) in [4.78, 5) is 23.3. The number of rotatable bonds is 2. The maximum Gasteiger partial charge on any atom is 0.255 e. The molecule has 0 aliphatic rings. The Morgan fingerprint density at radius 1 is 1.44 bits per heavy atom. The molecular weight excluding hydrogens is 204 g/mol. The Morgan fingerprint density at radius 3 is 2.62 bits per heavy atom. The Bertz CT molecular complexity index is 441. The molecule has 1 heterocycles. The Labute approximate surface area is 95.3 Å². The van der Waals surface area contributed by atoms with E-state index in [9.17, 15) is 9.59 Å². The van der Waals surface area contributed by atoms with Crippen LogP contribution in [0.25, 0.3) is 0 Å². The molecule has 0 fully saturated rings. The van der Waals surface area contributed by atoms with Gasteiger partial charge in [-0.25, -0.2) is 0 Å². The lowest BCUT2D eigenvalue weighted by atomic mass is 9.96. The van der Waals surface area contributed by atoms with E-state index < -0.39 is 5.41 Å². The molecule has 0 aliphatic heterocycles. The Kier molecular flexibility index (Phi) is 3.52. The van der Waals surface area contributed by atoms with Crippen molar-refractivity contribution >= 4 is 5.91 Å². The minimum Gasteiger partial charge on any atom is -0.351 e. The number of nitrogens with one attached hydrogen (secondary N) is 1. The van der Waals surface area contributed by atoms with Crippen LogP contribution in [0, 0.1) is 5.41 Å². The number of amides is 1. The number of hydrogen-bond donors (Lipinski definition) is 1. The van der Waals surface area contributed by atoms with Crippen LogP contribution in [0.2, 0.25) is 0 Å². The van der Waals surface area contributed by atoms with Crippen molar-refractivity contribution in [2.24, 2.45) is 12.5 Å². The van der Waals surface area contributed by atoms with Crippen LogP contribution in [0.4, 0.5) is 0 Å². The number of nitrogens with zero attached hydrogens (tertiary/aromatic N) is 1. The lowest BCUT2D eigenvalue weighted by Gasteiger charge is -2.17. The monoisotopic (exact) mass is 222 g/mol. The summed E-state index contributed by atoms with van der Waals surface area (Å²) < 4.78 is 1.50. The molecule has 4 nitrogen and oxygen atoms in total. The molecule has 0 saturated heterocycles. The molecule has 4 heteroatoms. The van der Waals surface area contributed by atoms with Gasteiger partial charge in [0.2, 0.25) is 5.91 Å². The molecule has 1 rings (SSSR count). The number of hydrogen-bond acceptors (Lipinski definition) is 2. The molecule has 0 aliphatic carbocycles. The van der Waals surface area contributed by atoms with Crippen molar-refractivity contribution < 1.29 is 4.79 Å². The van der Waals surface area contributed by atoms with Gasteiger partial charge in [-0.1, -0.05) is 26.8 Å². The van der Waals surface area contributed by atoms with Crippen molar-refractivity contribution in [1.29, 1.82) is 0 Å². The molecule has 16 heavy (non-hydrogen) atoms. The van der Waals surface area contributed by atoms with Crippen LogP contribution in [0.15, 0.2) is 23.1 Å². The summed E-state index contributed by atoms with van der Waals surface area (Å²) >= 11 is 0. The standard InChI is InChI=1S/C12H18N2O2/c1-12(2,3)11(16)13-8-9-6-5-7-14(4)10(9)15/h5-7H,8H2,1-4H3,(H,13,16). The van der Waals surface area contributed by atoms with Gasteiger partial charge in [0.1, 0.15) is 0 Å². The zero-order valence-electron chi connectivity index (χ0n) is 10.2. The first kappa shape index (κ1) is 12.5. The number of carbonyl (C=O) groups is 1. The van der Waals surface area contributed by atoms with E-state index in [1.807, 2.05) is 20.8 Å². The largest absolute Gasteiger partial charge is 0.351 e. The summed E-state index contributed by atoms with van der Waals surface area (Å²) in [6.07, 6.45) is 1.69. The van der Waals surface area contributed by atoms with Gasteiger partial charge in [0.25, 0.3) is 5.56 Å². The van der Waals surface area contributed by atoms with Crippen LogP contribution in [0.5, 0.6) is 0 Å². The molecule has 0 spiro atoms. The van der Waals surface area contributed by atoms with Crippen LogP contribution in [-0.2, 0) is 18.4 Å². The van der Waals surface area contributed by atoms with Gasteiger partial charge >= 0.3 is 0 Å². The molecular formula is C12H18N2O2. The molecule has 0 saturated carbocycles. The number of aryl methyl sites for hydroxylation is 1. The third-order valence-corrected chi connectivity index (χ3v) is 2.32. The molecule has 0 bridgehead atoms. The molecule has 1 N–H and O–H groups in total. The fourth-order valence-electron chi connectivity index (χ4n) is 1.23. The highest BCUT2D eigenvalue weighted by Gasteiger charge is 2.20. The molecule has 0 atom stereocenters. The van der Waals surface area contributed by atoms with E-state index in [-0.39, 0.29) is 18.0 Å². The van der Waals surface area contributed by atoms with Crippen molar-refractivity contribution in [3.05, 3.63) is 34.2 Å². The molecule has 88 valence electrons. The van der Waals surface area contributed by atoms with Gasteiger partial charge in [-0.15, -0.1) is 0 Å². The second-order valence-corrected chi connectivity index (χ2v) is 4.88. The van der Waals surface area contributed by atoms with Gasteiger partial charge in [-0.3, -0.25) is 9.59 Å². The SMILES string of the molecule is Cn1cccc(CNC(=O)C(C)(C)C)c1=O. The van der Waals surface area contributed by atoms with Gasteiger partial charge in [-0.2, -0.15) is 0 Å². The van der Waals surface area contributed by atoms with Gasteiger partial charge in [0, 0.05) is 30.8 Å². The third kappa shape index (κ3) is 2.95. The van der Waals surface area contributed by atoms with Crippen molar-refractivity contribution in [1.82, 2.24) is 9.88 Å². The predicted octanol–water partition coefficient (Wildman–Crippen LogP) is 1.05. The smallest absolute Gasteiger partial charge is 0.255 e. The van der Waals surface area contributed by atoms with Crippen LogP contribution in [0.1, 0.15) is 26.3 Å². The number of aromatic nitrogens is 1. The number of carbonyl (C=O) groups excluding carboxylic acids is 1. The lowest BCUT2D eigenvalue weighted by Crippen LogP contribution is -2.36. The quantitative estimate of drug-likeness (QED) is 0.813. The molecule has 0 unspecified atom stereocenters. The highest BCUT2D eigenvalue weighted by Crippen LogP contribution is 2.12. The van der Waals surface area contributed by atoms with Gasteiger partial charge in [0.05, 0.1) is 0 Å². The van der Waals surface area contributed by atoms with E-state index in [0.29, 0.717) is 5.56 Å². The van der Waals surface area contributed by atoms with Gasteiger partial charge in [0.15, 0.2) is 0 Å². The zero-order chi connectivity index (χ0) is 12.3. The summed E-state index contributed by atoms with van der Waals surface area (Å²) in [6.45, 7) is 5.80. The highest BCUT2D eigenvalue weighted by atomic mass is 16.2. The molecule has 1 aromatic rings. The first-order valence-corrected chi connectivity index (χ1v) is 5.25. The molecule has 0 radical (unpaired) electrons. The summed E-state index contributed by atoms with van der Waals surface area (Å²) in [5.74, 6) is -0.0570. The normalized spacial score (nSPS) is 11.2. The van der Waals surface area contributed by atoms with E-state index in [0.717, 1.165) is 0 Å². The van der Waals surface area contributed by atoms with Gasteiger partial charge in [-0.05, 0) is 6.07 Å². The highest BCUT2D eigenvalue weighted by molar-refractivity contribution is 5.81. The predicted molar refractivity (Wildman–Crippen MR) is 63.0 cm³/mol. The van der Waals surface area contributed by atoms with Crippen molar-refractivity contribution in [2.45, 2.75) is 27.3 Å². The summed E-state index contributed by atoms with van der Waals surface area (Å²) in [6, 6.07) is 3.52. The molecule has 0 aromatic carbocycles. The fourth-order valence-corrected chi connectivity index (χ4v) is 1.23. The minimum atomic E-state index is -0.431. The van der Waals surface area contributed by atoms with Crippen LogP contribution < -0.4 is 10.9 Å². The number of pyridine rings is 1. The second kappa shape index (κ2) is 4.51. The first-order valence-electron chi connectivity index (χ1n) is 5.25. The van der Waals surface area contributed by atoms with Crippen LogP contribution >= 0.6 is 0 Å². The van der Waals surface area contributed by atoms with Crippen molar-refractivity contribution in [2.75, 3.05) is 0 Å². The van der Waals surface area contributed by atoms with E-state index >= 15 is 0 Å². The summed E-state index contributed by atoms with van der Waals surface area (Å²) in [7, 11) is 1.69. The second-order valence-electron chi connectivity index (χ2n) is 4.88. The maximum absolute atomic E-state index is 11.6. The summed E-state index contributed by atoms with van der Waals surface area (Å²) in [5.41, 5.74) is 0.0966. The fraction of sp³-hybridized carbons (Fsp3) is 0.500. The van der Waals surface area contributed by atoms with Crippen molar-refractivity contribution in [3.63, 3.8) is 0 Å². The topological polar surface area (TPSA) is 51.1 Å². The van der Waals surface area contributed by atoms with E-state index in [2.05, 4.69) is 5.32 Å². The van der Waals surface area contributed by atoms with Crippen LogP contribution in [-0.4, -0.2) is 10.5 Å². The van der Waals surface area contributed by atoms with E-state index in [1.165, 1.54) is 4.57 Å². The van der Waals surface area contributed by atoms with Crippen LogP contribution in [0.3, 0.4) is 0 Å². The Hall–Kier alpha value is -1.58. The van der Waals surface area contributed by atoms with E-state index in [1.54, 1.807) is 25.4 Å². The minimum absolute atomic E-state index is 0.0570. The van der Waals surface area contributed by atoms with Crippen molar-refractivity contribution in [3.8, 4) is 0 Å². The first-order chi connectivity index (χ1) is 7.32. The summed E-state index contributed by atoms with van der Waals surface area (Å²) in [5, 5.41) is 2.75. The average molecular weight is 222 g/mol. The third-order valence-electron chi connectivity index (χ3n) is 2.32.